The highest BCUT2D eigenvalue weighted by atomic mass is 16.6. The van der Waals surface area contributed by atoms with Gasteiger partial charge in [0.25, 0.3) is 0 Å². The molecule has 11 nitrogen and oxygen atoms in total. The minimum atomic E-state index is -0.990. The van der Waals surface area contributed by atoms with E-state index in [4.69, 9.17) is 9.47 Å². The number of ether oxygens (including phenoxy) is 2. The number of benzene rings is 4. The molecule has 0 fully saturated rings. The Hall–Kier alpha value is -5.68. The molecular weight excluding hydrogens is 624 g/mol. The maximum absolute atomic E-state index is 13.4. The number of carbonyl (C=O) groups excluding carboxylic acids is 4. The molecule has 4 rings (SSSR count). The molecule has 0 aliphatic heterocycles. The predicted molar refractivity (Wildman–Crippen MR) is 184 cm³/mol. The lowest BCUT2D eigenvalue weighted by Gasteiger charge is -2.23. The van der Waals surface area contributed by atoms with E-state index in [1.807, 2.05) is 121 Å². The van der Waals surface area contributed by atoms with Gasteiger partial charge < -0.3 is 35.8 Å². The SMILES string of the molecule is O=C(N[C@@H](Cc1ccccc1)C(=O)NCC[C@@H](CO)NC(=O)[C@H](Cc1ccccc1)NC(=O)OCc1ccccc1)OCc1ccccc1. The van der Waals surface area contributed by atoms with E-state index in [0.29, 0.717) is 0 Å². The van der Waals surface area contributed by atoms with Crippen molar-refractivity contribution in [3.8, 4) is 0 Å². The molecule has 256 valence electrons. The summed E-state index contributed by atoms with van der Waals surface area (Å²) in [6, 6.07) is 34.2. The predicted octanol–water partition coefficient (Wildman–Crippen LogP) is 4.05. The van der Waals surface area contributed by atoms with E-state index in [-0.39, 0.29) is 39.0 Å². The molecule has 4 amide bonds. The summed E-state index contributed by atoms with van der Waals surface area (Å²) in [5, 5.41) is 20.9. The van der Waals surface area contributed by atoms with Crippen LogP contribution in [-0.4, -0.2) is 60.4 Å². The van der Waals surface area contributed by atoms with Crippen molar-refractivity contribution in [3.63, 3.8) is 0 Å². The summed E-state index contributed by atoms with van der Waals surface area (Å²) in [5.41, 5.74) is 3.27. The van der Waals surface area contributed by atoms with Gasteiger partial charge in [-0.2, -0.15) is 0 Å². The standard InChI is InChI=1S/C38H42N4O7/c43-25-32(40-36(45)34(24-29-15-7-2-8-16-29)42-38(47)49-27-31-19-11-4-12-20-31)21-22-39-35(44)33(23-28-13-5-1-6-14-28)41-37(46)48-26-30-17-9-3-10-18-30/h1-20,32-34,43H,21-27H2,(H,39,44)(H,40,45)(H,41,46)(H,42,47)/t32-,33-,34-/m0/s1. The van der Waals surface area contributed by atoms with Crippen LogP contribution in [0.2, 0.25) is 0 Å². The van der Waals surface area contributed by atoms with Gasteiger partial charge in [0.05, 0.1) is 12.6 Å². The molecule has 0 heterocycles. The van der Waals surface area contributed by atoms with Gasteiger partial charge in [-0.05, 0) is 28.7 Å². The summed E-state index contributed by atoms with van der Waals surface area (Å²) in [5.74, 6) is -0.969. The van der Waals surface area contributed by atoms with Gasteiger partial charge in [-0.1, -0.05) is 121 Å². The van der Waals surface area contributed by atoms with Crippen molar-refractivity contribution in [2.24, 2.45) is 0 Å². The zero-order chi connectivity index (χ0) is 34.7. The van der Waals surface area contributed by atoms with E-state index in [2.05, 4.69) is 21.3 Å². The monoisotopic (exact) mass is 666 g/mol. The second-order valence-electron chi connectivity index (χ2n) is 11.4. The van der Waals surface area contributed by atoms with Crippen molar-refractivity contribution in [1.29, 1.82) is 0 Å². The Morgan fingerprint density at radius 2 is 0.918 bits per heavy atom. The number of rotatable bonds is 17. The van der Waals surface area contributed by atoms with Crippen LogP contribution >= 0.6 is 0 Å². The number of aliphatic hydroxyl groups excluding tert-OH is 1. The number of aliphatic hydroxyl groups is 1. The molecule has 0 bridgehead atoms. The molecule has 0 aromatic heterocycles. The van der Waals surface area contributed by atoms with Crippen LogP contribution in [0.5, 0.6) is 0 Å². The second-order valence-corrected chi connectivity index (χ2v) is 11.4. The highest BCUT2D eigenvalue weighted by Gasteiger charge is 2.26. The molecule has 49 heavy (non-hydrogen) atoms. The number of carbonyl (C=O) groups is 4. The average Bonchev–Trinajstić information content (AvgIpc) is 3.13. The minimum Gasteiger partial charge on any atom is -0.445 e. The van der Waals surface area contributed by atoms with Crippen LogP contribution in [0, 0.1) is 0 Å². The quantitative estimate of drug-likeness (QED) is 0.114. The third-order valence-corrected chi connectivity index (χ3v) is 7.57. The summed E-state index contributed by atoms with van der Waals surface area (Å²) in [6.45, 7) is -0.229. The second kappa shape index (κ2) is 19.9. The first-order valence-corrected chi connectivity index (χ1v) is 16.1. The van der Waals surface area contributed by atoms with Crippen molar-refractivity contribution in [2.75, 3.05) is 13.2 Å². The van der Waals surface area contributed by atoms with Gasteiger partial charge in [-0.15, -0.1) is 0 Å². The Balaban J connectivity index is 1.31. The van der Waals surface area contributed by atoms with Gasteiger partial charge in [0, 0.05) is 19.4 Å². The van der Waals surface area contributed by atoms with Crippen LogP contribution < -0.4 is 21.3 Å². The summed E-state index contributed by atoms with van der Waals surface area (Å²) >= 11 is 0. The van der Waals surface area contributed by atoms with Gasteiger partial charge >= 0.3 is 12.2 Å². The summed E-state index contributed by atoms with van der Waals surface area (Å²) in [4.78, 5) is 51.9. The van der Waals surface area contributed by atoms with Crippen LogP contribution in [0.1, 0.15) is 28.7 Å². The number of alkyl carbamates (subject to hydrolysis) is 2. The van der Waals surface area contributed by atoms with Crippen molar-refractivity contribution >= 4 is 24.0 Å². The lowest BCUT2D eigenvalue weighted by Crippen LogP contribution is -2.52. The molecule has 4 aromatic rings. The molecule has 0 unspecified atom stereocenters. The zero-order valence-corrected chi connectivity index (χ0v) is 27.1. The fourth-order valence-electron chi connectivity index (χ4n) is 4.94. The van der Waals surface area contributed by atoms with Crippen LogP contribution in [0.15, 0.2) is 121 Å². The van der Waals surface area contributed by atoms with Gasteiger partial charge in [0.15, 0.2) is 0 Å². The van der Waals surface area contributed by atoms with E-state index in [1.165, 1.54) is 0 Å². The van der Waals surface area contributed by atoms with Crippen LogP contribution in [0.3, 0.4) is 0 Å². The lowest BCUT2D eigenvalue weighted by molar-refractivity contribution is -0.124. The van der Waals surface area contributed by atoms with E-state index < -0.39 is 48.7 Å². The van der Waals surface area contributed by atoms with Crippen LogP contribution in [0.4, 0.5) is 9.59 Å². The lowest BCUT2D eigenvalue weighted by atomic mass is 10.0. The van der Waals surface area contributed by atoms with Crippen LogP contribution in [0.25, 0.3) is 0 Å². The van der Waals surface area contributed by atoms with E-state index in [9.17, 15) is 24.3 Å². The molecule has 0 saturated carbocycles. The van der Waals surface area contributed by atoms with Crippen molar-refractivity contribution in [2.45, 2.75) is 50.6 Å². The minimum absolute atomic E-state index is 0.0379. The number of hydrogen-bond donors (Lipinski definition) is 5. The molecular formula is C38H42N4O7. The van der Waals surface area contributed by atoms with Crippen molar-refractivity contribution in [1.82, 2.24) is 21.3 Å². The third-order valence-electron chi connectivity index (χ3n) is 7.57. The highest BCUT2D eigenvalue weighted by molar-refractivity contribution is 5.87. The molecule has 5 N–H and O–H groups in total. The average molecular weight is 667 g/mol. The summed E-state index contributed by atoms with van der Waals surface area (Å²) in [6.07, 6.45) is -0.900. The van der Waals surface area contributed by atoms with E-state index in [1.54, 1.807) is 0 Å². The third kappa shape index (κ3) is 13.2. The van der Waals surface area contributed by atoms with Gasteiger partial charge in [-0.3, -0.25) is 9.59 Å². The fraction of sp³-hybridized carbons (Fsp3) is 0.263. The Labute approximate surface area is 286 Å². The Bertz CT molecular complexity index is 1590. The van der Waals surface area contributed by atoms with Crippen molar-refractivity contribution in [3.05, 3.63) is 144 Å². The molecule has 11 heteroatoms. The fourth-order valence-corrected chi connectivity index (χ4v) is 4.94. The molecule has 0 aliphatic carbocycles. The number of amides is 4. The molecule has 4 aromatic carbocycles. The first-order valence-electron chi connectivity index (χ1n) is 16.1. The molecule has 0 aliphatic rings. The van der Waals surface area contributed by atoms with Gasteiger partial charge in [-0.25, -0.2) is 9.59 Å². The normalized spacial score (nSPS) is 12.4. The largest absolute Gasteiger partial charge is 0.445 e. The topological polar surface area (TPSA) is 155 Å². The summed E-state index contributed by atoms with van der Waals surface area (Å²) in [7, 11) is 0. The Kier molecular flexibility index (Phi) is 14.7. The Morgan fingerprint density at radius 1 is 0.531 bits per heavy atom. The maximum Gasteiger partial charge on any atom is 0.408 e. The molecule has 0 spiro atoms. The number of nitrogens with one attached hydrogen (secondary N) is 4. The summed E-state index contributed by atoms with van der Waals surface area (Å²) < 4.78 is 10.7. The van der Waals surface area contributed by atoms with Gasteiger partial charge in [0.1, 0.15) is 25.3 Å². The molecule has 0 radical (unpaired) electrons. The van der Waals surface area contributed by atoms with Gasteiger partial charge in [0.2, 0.25) is 11.8 Å². The highest BCUT2D eigenvalue weighted by Crippen LogP contribution is 2.08. The zero-order valence-electron chi connectivity index (χ0n) is 27.1. The molecule has 0 saturated heterocycles. The smallest absolute Gasteiger partial charge is 0.408 e. The van der Waals surface area contributed by atoms with Crippen molar-refractivity contribution < 1.29 is 33.8 Å². The van der Waals surface area contributed by atoms with E-state index in [0.717, 1.165) is 22.3 Å². The first-order chi connectivity index (χ1) is 23.9. The number of hydrogen-bond acceptors (Lipinski definition) is 7. The van der Waals surface area contributed by atoms with E-state index >= 15 is 0 Å². The molecule has 3 atom stereocenters. The first kappa shape index (κ1) is 36.2. The maximum atomic E-state index is 13.4. The van der Waals surface area contributed by atoms with Crippen LogP contribution in [-0.2, 0) is 45.1 Å². The Morgan fingerprint density at radius 3 is 1.33 bits per heavy atom.